The predicted molar refractivity (Wildman–Crippen MR) is 106 cm³/mol. The van der Waals surface area contributed by atoms with Gasteiger partial charge in [0.15, 0.2) is 5.78 Å². The second-order valence-corrected chi connectivity index (χ2v) is 6.43. The first-order valence-electron chi connectivity index (χ1n) is 8.92. The van der Waals surface area contributed by atoms with Gasteiger partial charge in [-0.15, -0.1) is 0 Å². The molecule has 4 rings (SSSR count). The number of carbonyl (C=O) groups is 1. The van der Waals surface area contributed by atoms with Crippen molar-refractivity contribution in [3.05, 3.63) is 95.8 Å². The Morgan fingerprint density at radius 2 is 1.59 bits per heavy atom. The largest absolute Gasteiger partial charge is 0.369 e. The third kappa shape index (κ3) is 3.66. The molecule has 1 aromatic heterocycles. The molecule has 0 bridgehead atoms. The first-order chi connectivity index (χ1) is 13.2. The van der Waals surface area contributed by atoms with Gasteiger partial charge in [0.2, 0.25) is 0 Å². The van der Waals surface area contributed by atoms with Crippen LogP contribution in [0.4, 0.5) is 0 Å². The second-order valence-electron chi connectivity index (χ2n) is 6.43. The number of hydrogen-bond donors (Lipinski definition) is 0. The van der Waals surface area contributed by atoms with Crippen LogP contribution in [0.2, 0.25) is 0 Å². The lowest BCUT2D eigenvalue weighted by Gasteiger charge is -2.10. The Labute approximate surface area is 158 Å². The van der Waals surface area contributed by atoms with Gasteiger partial charge in [0, 0.05) is 11.3 Å². The number of fused-ring (bicyclic) bond motifs is 1. The SMILES string of the molecule is CC(=O)c1ccc(-n2c(COCc3ccccc3)nc3ccccc32)cc1. The summed E-state index contributed by atoms with van der Waals surface area (Å²) in [4.78, 5) is 16.3. The number of carbonyl (C=O) groups excluding carboxylic acids is 1. The second kappa shape index (κ2) is 7.56. The van der Waals surface area contributed by atoms with E-state index < -0.39 is 0 Å². The molecule has 0 aliphatic heterocycles. The minimum Gasteiger partial charge on any atom is -0.369 e. The van der Waals surface area contributed by atoms with Gasteiger partial charge in [0.05, 0.1) is 17.6 Å². The highest BCUT2D eigenvalue weighted by Gasteiger charge is 2.13. The number of para-hydroxylation sites is 2. The van der Waals surface area contributed by atoms with E-state index in [4.69, 9.17) is 9.72 Å². The molecule has 0 aliphatic carbocycles. The van der Waals surface area contributed by atoms with Crippen molar-refractivity contribution in [3.63, 3.8) is 0 Å². The fourth-order valence-electron chi connectivity index (χ4n) is 3.14. The van der Waals surface area contributed by atoms with E-state index >= 15 is 0 Å². The number of hydrogen-bond acceptors (Lipinski definition) is 3. The van der Waals surface area contributed by atoms with Crippen LogP contribution >= 0.6 is 0 Å². The molecule has 0 saturated carbocycles. The third-order valence-electron chi connectivity index (χ3n) is 4.51. The Morgan fingerprint density at radius 3 is 2.33 bits per heavy atom. The zero-order chi connectivity index (χ0) is 18.6. The summed E-state index contributed by atoms with van der Waals surface area (Å²) in [5, 5.41) is 0. The van der Waals surface area contributed by atoms with E-state index in [0.717, 1.165) is 28.1 Å². The summed E-state index contributed by atoms with van der Waals surface area (Å²) in [6.45, 7) is 2.51. The summed E-state index contributed by atoms with van der Waals surface area (Å²) >= 11 is 0. The topological polar surface area (TPSA) is 44.1 Å². The zero-order valence-corrected chi connectivity index (χ0v) is 15.1. The first-order valence-corrected chi connectivity index (χ1v) is 8.92. The molecule has 0 spiro atoms. The summed E-state index contributed by atoms with van der Waals surface area (Å²) in [5.74, 6) is 0.895. The minimum absolute atomic E-state index is 0.0588. The smallest absolute Gasteiger partial charge is 0.159 e. The van der Waals surface area contributed by atoms with Gasteiger partial charge in [0.25, 0.3) is 0 Å². The number of nitrogens with zero attached hydrogens (tertiary/aromatic N) is 2. The monoisotopic (exact) mass is 356 g/mol. The van der Waals surface area contributed by atoms with Crippen molar-refractivity contribution >= 4 is 16.8 Å². The molecule has 3 aromatic carbocycles. The number of rotatable bonds is 6. The lowest BCUT2D eigenvalue weighted by molar-refractivity contribution is 0.101. The molecule has 0 N–H and O–H groups in total. The van der Waals surface area contributed by atoms with Crippen LogP contribution in [0.15, 0.2) is 78.9 Å². The number of benzene rings is 3. The molecule has 4 heteroatoms. The lowest BCUT2D eigenvalue weighted by atomic mass is 10.1. The highest BCUT2D eigenvalue weighted by Crippen LogP contribution is 2.23. The van der Waals surface area contributed by atoms with E-state index in [-0.39, 0.29) is 5.78 Å². The van der Waals surface area contributed by atoms with Gasteiger partial charge in [-0.3, -0.25) is 9.36 Å². The van der Waals surface area contributed by atoms with Crippen molar-refractivity contribution < 1.29 is 9.53 Å². The van der Waals surface area contributed by atoms with Crippen LogP contribution in [0.25, 0.3) is 16.7 Å². The van der Waals surface area contributed by atoms with Crippen molar-refractivity contribution in [2.45, 2.75) is 20.1 Å². The summed E-state index contributed by atoms with van der Waals surface area (Å²) in [5.41, 5.74) is 4.74. The van der Waals surface area contributed by atoms with Crippen LogP contribution in [0.1, 0.15) is 28.7 Å². The van der Waals surface area contributed by atoms with Crippen LogP contribution in [0.3, 0.4) is 0 Å². The van der Waals surface area contributed by atoms with Gasteiger partial charge in [-0.2, -0.15) is 0 Å². The normalized spacial score (nSPS) is 11.0. The van der Waals surface area contributed by atoms with E-state index in [0.29, 0.717) is 18.8 Å². The van der Waals surface area contributed by atoms with Crippen molar-refractivity contribution in [1.82, 2.24) is 9.55 Å². The van der Waals surface area contributed by atoms with E-state index in [1.165, 1.54) is 0 Å². The van der Waals surface area contributed by atoms with Crippen molar-refractivity contribution in [2.24, 2.45) is 0 Å². The van der Waals surface area contributed by atoms with E-state index in [2.05, 4.69) is 4.57 Å². The van der Waals surface area contributed by atoms with Crippen LogP contribution in [0.5, 0.6) is 0 Å². The van der Waals surface area contributed by atoms with Crippen molar-refractivity contribution in [2.75, 3.05) is 0 Å². The molecule has 0 unspecified atom stereocenters. The quantitative estimate of drug-likeness (QED) is 0.459. The molecule has 134 valence electrons. The summed E-state index contributed by atoms with van der Waals surface area (Å²) in [6.07, 6.45) is 0. The standard InChI is InChI=1S/C23H20N2O2/c1-17(26)19-11-13-20(14-12-19)25-22-10-6-5-9-21(22)24-23(25)16-27-15-18-7-3-2-4-8-18/h2-14H,15-16H2,1H3. The Kier molecular flexibility index (Phi) is 4.81. The molecule has 1 heterocycles. The fourth-order valence-corrected chi connectivity index (χ4v) is 3.14. The number of imidazole rings is 1. The summed E-state index contributed by atoms with van der Waals surface area (Å²) in [7, 11) is 0. The Hall–Kier alpha value is -3.24. The van der Waals surface area contributed by atoms with Gasteiger partial charge in [0.1, 0.15) is 12.4 Å². The van der Waals surface area contributed by atoms with Gasteiger partial charge in [-0.25, -0.2) is 4.98 Å². The summed E-state index contributed by atoms with van der Waals surface area (Å²) < 4.78 is 8.01. The predicted octanol–water partition coefficient (Wildman–Crippen LogP) is 4.94. The fraction of sp³-hybridized carbons (Fsp3) is 0.130. The molecular weight excluding hydrogens is 336 g/mol. The van der Waals surface area contributed by atoms with Gasteiger partial charge in [-0.05, 0) is 48.9 Å². The van der Waals surface area contributed by atoms with Gasteiger partial charge < -0.3 is 4.74 Å². The molecule has 27 heavy (non-hydrogen) atoms. The first kappa shape index (κ1) is 17.2. The van der Waals surface area contributed by atoms with Crippen LogP contribution in [-0.4, -0.2) is 15.3 Å². The molecule has 0 radical (unpaired) electrons. The molecule has 4 nitrogen and oxygen atoms in total. The maximum absolute atomic E-state index is 11.6. The van der Waals surface area contributed by atoms with E-state index in [9.17, 15) is 4.79 Å². The van der Waals surface area contributed by atoms with Gasteiger partial charge >= 0.3 is 0 Å². The Morgan fingerprint density at radius 1 is 0.889 bits per heavy atom. The van der Waals surface area contributed by atoms with E-state index in [1.807, 2.05) is 78.9 Å². The number of ketones is 1. The van der Waals surface area contributed by atoms with Crippen molar-refractivity contribution in [1.29, 1.82) is 0 Å². The van der Waals surface area contributed by atoms with Crippen LogP contribution in [0, 0.1) is 0 Å². The Balaban J connectivity index is 1.65. The maximum Gasteiger partial charge on any atom is 0.159 e. The molecule has 4 aromatic rings. The summed E-state index contributed by atoms with van der Waals surface area (Å²) in [6, 6.07) is 25.7. The average molecular weight is 356 g/mol. The molecule has 0 fully saturated rings. The molecule has 0 atom stereocenters. The number of ether oxygens (including phenoxy) is 1. The lowest BCUT2D eigenvalue weighted by Crippen LogP contribution is -2.04. The molecule has 0 aliphatic rings. The van der Waals surface area contributed by atoms with Crippen LogP contribution in [-0.2, 0) is 18.0 Å². The highest BCUT2D eigenvalue weighted by molar-refractivity contribution is 5.94. The number of Topliss-reactive ketones (excluding diaryl/α,β-unsaturated/α-hetero) is 1. The van der Waals surface area contributed by atoms with Crippen LogP contribution < -0.4 is 0 Å². The molecule has 0 saturated heterocycles. The van der Waals surface area contributed by atoms with Gasteiger partial charge in [-0.1, -0.05) is 42.5 Å². The highest BCUT2D eigenvalue weighted by atomic mass is 16.5. The average Bonchev–Trinajstić information content (AvgIpc) is 3.07. The maximum atomic E-state index is 11.6. The zero-order valence-electron chi connectivity index (χ0n) is 15.1. The van der Waals surface area contributed by atoms with Crippen molar-refractivity contribution in [3.8, 4) is 5.69 Å². The van der Waals surface area contributed by atoms with E-state index in [1.54, 1.807) is 6.92 Å². The molecular formula is C23H20N2O2. The number of aromatic nitrogens is 2. The Bertz CT molecular complexity index is 1070. The third-order valence-corrected chi connectivity index (χ3v) is 4.51. The minimum atomic E-state index is 0.0588. The molecule has 0 amide bonds.